The number of carbonyl (C=O) groups is 4. The molecule has 3 saturated heterocycles. The smallest absolute Gasteiger partial charge is 0.548 e. The average Bonchev–Trinajstić information content (AvgIpc) is 3.24. The van der Waals surface area contributed by atoms with Crippen molar-refractivity contribution >= 4 is 47.6 Å². The molecule has 5 atom stereocenters. The zero-order valence-electron chi connectivity index (χ0n) is 15.0. The summed E-state index contributed by atoms with van der Waals surface area (Å²) >= 11 is 2.13. The van der Waals surface area contributed by atoms with Crippen LogP contribution in [0, 0.1) is 0 Å². The molecule has 150 valence electrons. The number of nitrogens with zero attached hydrogens (tertiary/aromatic N) is 1. The van der Waals surface area contributed by atoms with E-state index in [0.717, 1.165) is 5.75 Å². The van der Waals surface area contributed by atoms with Gasteiger partial charge in [-0.15, -0.1) is 4.33 Å². The van der Waals surface area contributed by atoms with Gasteiger partial charge in [0.2, 0.25) is 11.8 Å². The van der Waals surface area contributed by atoms with E-state index in [1.807, 2.05) is 0 Å². The van der Waals surface area contributed by atoms with E-state index in [2.05, 4.69) is 20.0 Å². The summed E-state index contributed by atoms with van der Waals surface area (Å²) < 4.78 is 4.19. The van der Waals surface area contributed by atoms with Crippen LogP contribution in [-0.2, 0) is 23.8 Å². The van der Waals surface area contributed by atoms with E-state index in [-0.39, 0.29) is 65.8 Å². The number of carbonyl (C=O) groups excluding carboxylic acids is 4. The third-order valence-electron chi connectivity index (χ3n) is 4.82. The average molecular weight is 443 g/mol. The number of amides is 4. The third-order valence-corrected chi connectivity index (χ3v) is 7.06. The Hall–Kier alpha value is -0.540. The summed E-state index contributed by atoms with van der Waals surface area (Å²) in [7, 11) is 0. The van der Waals surface area contributed by atoms with Crippen molar-refractivity contribution in [1.29, 1.82) is 0 Å². The number of nitrogens with one attached hydrogen (secondary N) is 2. The van der Waals surface area contributed by atoms with Gasteiger partial charge in [0.05, 0.1) is 30.5 Å². The molecule has 3 aliphatic rings. The SMILES string of the molecule is O=C1N[C@H]2CSC(CCCC(C(=O)[O-])N3C(=O)CC(SOOO)C3=O)[C@H]2N1.[Na+]. The van der Waals surface area contributed by atoms with Gasteiger partial charge in [-0.1, -0.05) is 5.04 Å². The number of imide groups is 1. The molecule has 0 aromatic heterocycles. The van der Waals surface area contributed by atoms with Crippen LogP contribution in [0.2, 0.25) is 0 Å². The molecule has 3 unspecified atom stereocenters. The molecule has 0 aromatic rings. The summed E-state index contributed by atoms with van der Waals surface area (Å²) in [6.45, 7) is 0. The predicted octanol–water partition coefficient (Wildman–Crippen LogP) is -4.36. The van der Waals surface area contributed by atoms with Crippen LogP contribution in [0.4, 0.5) is 4.79 Å². The molecule has 3 heterocycles. The molecule has 11 nitrogen and oxygen atoms in total. The van der Waals surface area contributed by atoms with E-state index in [0.29, 0.717) is 29.8 Å². The normalized spacial score (nSPS) is 29.9. The minimum Gasteiger partial charge on any atom is -0.548 e. The topological polar surface area (TPSA) is 157 Å². The molecule has 0 bridgehead atoms. The van der Waals surface area contributed by atoms with Crippen molar-refractivity contribution in [3.63, 3.8) is 0 Å². The number of aliphatic carboxylic acids is 1. The summed E-state index contributed by atoms with van der Waals surface area (Å²) in [6.07, 6.45) is 0.884. The number of rotatable bonds is 9. The summed E-state index contributed by atoms with van der Waals surface area (Å²) in [5.41, 5.74) is 0. The second-order valence-electron chi connectivity index (χ2n) is 6.42. The molecule has 3 fully saturated rings. The molecule has 28 heavy (non-hydrogen) atoms. The summed E-state index contributed by atoms with van der Waals surface area (Å²) in [6, 6.07) is -1.51. The number of urea groups is 1. The van der Waals surface area contributed by atoms with E-state index in [4.69, 9.17) is 5.26 Å². The van der Waals surface area contributed by atoms with Crippen LogP contribution >= 0.6 is 23.8 Å². The second-order valence-corrected chi connectivity index (χ2v) is 8.59. The van der Waals surface area contributed by atoms with Crippen LogP contribution in [0.15, 0.2) is 0 Å². The van der Waals surface area contributed by atoms with Crippen molar-refractivity contribution < 1.29 is 68.5 Å². The fourth-order valence-corrected chi connectivity index (χ4v) is 5.68. The van der Waals surface area contributed by atoms with Crippen molar-refractivity contribution in [2.45, 2.75) is 54.3 Å². The Morgan fingerprint density at radius 2 is 2.14 bits per heavy atom. The van der Waals surface area contributed by atoms with Gasteiger partial charge < -0.3 is 20.5 Å². The predicted molar refractivity (Wildman–Crippen MR) is 90.8 cm³/mol. The molecule has 14 heteroatoms. The zero-order valence-corrected chi connectivity index (χ0v) is 18.6. The monoisotopic (exact) mass is 443 g/mol. The van der Waals surface area contributed by atoms with Gasteiger partial charge in [0.15, 0.2) is 0 Å². The van der Waals surface area contributed by atoms with Crippen molar-refractivity contribution in [3.05, 3.63) is 0 Å². The Morgan fingerprint density at radius 3 is 2.82 bits per heavy atom. The molecule has 3 N–H and O–H groups in total. The van der Waals surface area contributed by atoms with Gasteiger partial charge in [0.1, 0.15) is 5.25 Å². The number of fused-ring (bicyclic) bond motifs is 1. The molecule has 3 aliphatic heterocycles. The Kier molecular flexibility index (Phi) is 8.88. The first-order valence-electron chi connectivity index (χ1n) is 8.31. The third kappa shape index (κ3) is 5.14. The minimum absolute atomic E-state index is 0. The number of likely N-dealkylation sites (tertiary alicyclic amines) is 1. The van der Waals surface area contributed by atoms with Gasteiger partial charge in [0.25, 0.3) is 0 Å². The maximum atomic E-state index is 12.3. The van der Waals surface area contributed by atoms with Gasteiger partial charge in [-0.05, 0) is 19.3 Å². The summed E-state index contributed by atoms with van der Waals surface area (Å²) in [5, 5.41) is 27.9. The first-order valence-corrected chi connectivity index (χ1v) is 10.2. The Labute approximate surface area is 191 Å². The summed E-state index contributed by atoms with van der Waals surface area (Å²) in [5.74, 6) is -2.09. The molecule has 4 amide bonds. The van der Waals surface area contributed by atoms with Crippen LogP contribution in [0.5, 0.6) is 0 Å². The van der Waals surface area contributed by atoms with Gasteiger partial charge >= 0.3 is 35.6 Å². The fourth-order valence-electron chi connectivity index (χ4n) is 3.60. The molecular weight excluding hydrogens is 425 g/mol. The van der Waals surface area contributed by atoms with Crippen LogP contribution in [0.25, 0.3) is 0 Å². The van der Waals surface area contributed by atoms with E-state index < -0.39 is 29.1 Å². The van der Waals surface area contributed by atoms with Gasteiger partial charge in [-0.25, -0.2) is 10.1 Å². The van der Waals surface area contributed by atoms with Gasteiger partial charge in [0, 0.05) is 23.0 Å². The van der Waals surface area contributed by atoms with E-state index in [1.165, 1.54) is 0 Å². The van der Waals surface area contributed by atoms with Crippen molar-refractivity contribution in [1.82, 2.24) is 15.5 Å². The van der Waals surface area contributed by atoms with Crippen LogP contribution in [0.1, 0.15) is 25.7 Å². The Balaban J connectivity index is 0.00000280. The standard InChI is InChI=1S/C14H19N3O8S2.Na/c18-10-4-9(27-25-24-23)12(19)17(10)7(13(20)21)2-1-3-8-11-6(5-26-8)15-14(22)16-11;/h6-9,11,23H,1-5H2,(H,20,21)(H2,15,16,22);/q;+1/p-1/t6-,7?,8?,9?,11-;/m0./s1. The Bertz CT molecular complexity index is 642. The maximum absolute atomic E-state index is 12.3. The Morgan fingerprint density at radius 1 is 1.39 bits per heavy atom. The maximum Gasteiger partial charge on any atom is 1.00 e. The first kappa shape index (κ1) is 23.7. The van der Waals surface area contributed by atoms with Crippen LogP contribution in [0.3, 0.4) is 0 Å². The summed E-state index contributed by atoms with van der Waals surface area (Å²) in [4.78, 5) is 48.0. The largest absolute Gasteiger partial charge is 1.00 e. The van der Waals surface area contributed by atoms with E-state index >= 15 is 0 Å². The first-order chi connectivity index (χ1) is 12.9. The van der Waals surface area contributed by atoms with Crippen molar-refractivity contribution in [3.8, 4) is 0 Å². The number of carboxylic acid groups (broad SMARTS) is 1. The number of thioether (sulfide) groups is 1. The molecule has 0 spiro atoms. The molecule has 0 saturated carbocycles. The molecule has 0 radical (unpaired) electrons. The van der Waals surface area contributed by atoms with Gasteiger partial charge in [-0.3, -0.25) is 14.5 Å². The fraction of sp³-hybridized carbons (Fsp3) is 0.714. The minimum atomic E-state index is -1.51. The van der Waals surface area contributed by atoms with E-state index in [9.17, 15) is 24.3 Å². The van der Waals surface area contributed by atoms with Crippen LogP contribution < -0.4 is 45.3 Å². The van der Waals surface area contributed by atoms with Crippen molar-refractivity contribution in [2.75, 3.05) is 5.75 Å². The van der Waals surface area contributed by atoms with E-state index in [1.54, 1.807) is 11.8 Å². The molecule has 3 rings (SSSR count). The molecule has 0 aromatic carbocycles. The number of hydrogen-bond acceptors (Lipinski definition) is 10. The van der Waals surface area contributed by atoms with Crippen LogP contribution in [-0.4, -0.2) is 68.4 Å². The second kappa shape index (κ2) is 10.5. The quantitative estimate of drug-likeness (QED) is 0.0794. The zero-order chi connectivity index (χ0) is 19.6. The van der Waals surface area contributed by atoms with Gasteiger partial charge in [-0.2, -0.15) is 11.8 Å². The number of hydrogen-bond donors (Lipinski definition) is 3. The molecular formula is C14H18N3NaO8S2. The molecule has 0 aliphatic carbocycles. The van der Waals surface area contributed by atoms with Crippen molar-refractivity contribution in [2.24, 2.45) is 0 Å². The number of carboxylic acids is 1.